The van der Waals surface area contributed by atoms with Crippen molar-refractivity contribution in [2.75, 3.05) is 13.2 Å². The van der Waals surface area contributed by atoms with Crippen LogP contribution in [-0.4, -0.2) is 36.8 Å². The van der Waals surface area contributed by atoms with Gasteiger partial charge in [-0.15, -0.1) is 6.58 Å². The predicted molar refractivity (Wildman–Crippen MR) is 103 cm³/mol. The Labute approximate surface area is 162 Å². The Morgan fingerprint density at radius 3 is 2.29 bits per heavy atom. The van der Waals surface area contributed by atoms with Crippen LogP contribution in [0.4, 0.5) is 4.79 Å². The van der Waals surface area contributed by atoms with Crippen LogP contribution in [0, 0.1) is 6.92 Å². The number of esters is 1. The van der Waals surface area contributed by atoms with E-state index in [2.05, 4.69) is 11.9 Å². The van der Waals surface area contributed by atoms with E-state index in [0.717, 1.165) is 5.56 Å². The quantitative estimate of drug-likeness (QED) is 0.436. The molecule has 0 radical (unpaired) electrons. The fraction of sp³-hybridized carbons (Fsp3) is 0.143. The van der Waals surface area contributed by atoms with Gasteiger partial charge in [0.1, 0.15) is 0 Å². The van der Waals surface area contributed by atoms with Crippen LogP contribution in [0.25, 0.3) is 0 Å². The number of carbonyl (C=O) groups excluding carboxylic acids is 4. The SMILES string of the molecule is C=CCNC(=O)NC(=O)COC(=O)c1ccccc1C(=O)c1ccc(C)cc1. The van der Waals surface area contributed by atoms with Crippen molar-refractivity contribution in [3.05, 3.63) is 83.4 Å². The summed E-state index contributed by atoms with van der Waals surface area (Å²) in [4.78, 5) is 48.1. The lowest BCUT2D eigenvalue weighted by molar-refractivity contribution is -0.123. The van der Waals surface area contributed by atoms with Gasteiger partial charge in [-0.1, -0.05) is 54.1 Å². The van der Waals surface area contributed by atoms with E-state index in [1.54, 1.807) is 36.4 Å². The van der Waals surface area contributed by atoms with E-state index in [1.807, 2.05) is 12.2 Å². The average molecular weight is 380 g/mol. The van der Waals surface area contributed by atoms with Crippen LogP contribution < -0.4 is 10.6 Å². The smallest absolute Gasteiger partial charge is 0.339 e. The van der Waals surface area contributed by atoms with Crippen LogP contribution in [0.2, 0.25) is 0 Å². The number of nitrogens with one attached hydrogen (secondary N) is 2. The second kappa shape index (κ2) is 9.82. The first-order chi connectivity index (χ1) is 13.4. The number of ether oxygens (including phenoxy) is 1. The van der Waals surface area contributed by atoms with Crippen molar-refractivity contribution in [1.82, 2.24) is 10.6 Å². The Morgan fingerprint density at radius 1 is 1.00 bits per heavy atom. The molecule has 2 aromatic carbocycles. The number of benzene rings is 2. The number of aryl methyl sites for hydroxylation is 1. The van der Waals surface area contributed by atoms with Crippen LogP contribution in [0.3, 0.4) is 0 Å². The lowest BCUT2D eigenvalue weighted by atomic mass is 9.98. The molecule has 0 unspecified atom stereocenters. The highest BCUT2D eigenvalue weighted by atomic mass is 16.5. The number of hydrogen-bond acceptors (Lipinski definition) is 5. The van der Waals surface area contributed by atoms with E-state index < -0.39 is 24.5 Å². The maximum atomic E-state index is 12.7. The molecule has 3 amide bonds. The molecule has 0 bridgehead atoms. The summed E-state index contributed by atoms with van der Waals surface area (Å²) in [6.45, 7) is 4.86. The van der Waals surface area contributed by atoms with Crippen LogP contribution in [0.1, 0.15) is 31.8 Å². The molecule has 28 heavy (non-hydrogen) atoms. The normalized spacial score (nSPS) is 9.89. The summed E-state index contributed by atoms with van der Waals surface area (Å²) in [5.74, 6) is -1.96. The first-order valence-corrected chi connectivity index (χ1v) is 8.48. The monoisotopic (exact) mass is 380 g/mol. The number of imide groups is 1. The molecule has 2 rings (SSSR count). The fourth-order valence-electron chi connectivity index (χ4n) is 2.30. The van der Waals surface area contributed by atoms with Crippen molar-refractivity contribution in [3.63, 3.8) is 0 Å². The lowest BCUT2D eigenvalue weighted by Crippen LogP contribution is -2.41. The zero-order valence-electron chi connectivity index (χ0n) is 15.4. The largest absolute Gasteiger partial charge is 0.452 e. The predicted octanol–water partition coefficient (Wildman–Crippen LogP) is 2.39. The molecule has 0 fully saturated rings. The van der Waals surface area contributed by atoms with Gasteiger partial charge in [0.2, 0.25) is 0 Å². The van der Waals surface area contributed by atoms with Crippen molar-refractivity contribution < 1.29 is 23.9 Å². The van der Waals surface area contributed by atoms with Crippen molar-refractivity contribution in [1.29, 1.82) is 0 Å². The maximum absolute atomic E-state index is 12.7. The molecule has 7 heteroatoms. The maximum Gasteiger partial charge on any atom is 0.339 e. The van der Waals surface area contributed by atoms with Crippen molar-refractivity contribution in [2.24, 2.45) is 0 Å². The topological polar surface area (TPSA) is 102 Å². The van der Waals surface area contributed by atoms with Gasteiger partial charge in [0.05, 0.1) is 5.56 Å². The summed E-state index contributed by atoms with van der Waals surface area (Å²) in [5, 5.41) is 4.36. The van der Waals surface area contributed by atoms with Crippen LogP contribution >= 0.6 is 0 Å². The van der Waals surface area contributed by atoms with Gasteiger partial charge in [-0.25, -0.2) is 9.59 Å². The van der Waals surface area contributed by atoms with E-state index in [0.29, 0.717) is 5.56 Å². The molecule has 0 aromatic heterocycles. The van der Waals surface area contributed by atoms with Gasteiger partial charge in [-0.2, -0.15) is 0 Å². The Bertz CT molecular complexity index is 903. The first-order valence-electron chi connectivity index (χ1n) is 8.48. The third kappa shape index (κ3) is 5.63. The molecule has 0 aliphatic heterocycles. The fourth-order valence-corrected chi connectivity index (χ4v) is 2.30. The molecule has 2 aromatic rings. The number of ketones is 1. The standard InChI is InChI=1S/C21H20N2O5/c1-3-12-22-21(27)23-18(24)13-28-20(26)17-7-5-4-6-16(17)19(25)15-10-8-14(2)9-11-15/h3-11H,1,12-13H2,2H3,(H2,22,23,24,27). The summed E-state index contributed by atoms with van der Waals surface area (Å²) >= 11 is 0. The van der Waals surface area contributed by atoms with Crippen LogP contribution in [0.5, 0.6) is 0 Å². The molecule has 0 heterocycles. The van der Waals surface area contributed by atoms with E-state index in [1.165, 1.54) is 18.2 Å². The molecule has 2 N–H and O–H groups in total. The van der Waals surface area contributed by atoms with E-state index in [-0.39, 0.29) is 23.5 Å². The van der Waals surface area contributed by atoms with Crippen molar-refractivity contribution in [2.45, 2.75) is 6.92 Å². The molecular weight excluding hydrogens is 360 g/mol. The Kier molecular flexibility index (Phi) is 7.21. The molecule has 144 valence electrons. The third-order valence-electron chi connectivity index (χ3n) is 3.70. The van der Waals surface area contributed by atoms with Gasteiger partial charge in [0, 0.05) is 17.7 Å². The van der Waals surface area contributed by atoms with Crippen LogP contribution in [-0.2, 0) is 9.53 Å². The van der Waals surface area contributed by atoms with Gasteiger partial charge < -0.3 is 10.1 Å². The van der Waals surface area contributed by atoms with E-state index in [4.69, 9.17) is 4.74 Å². The zero-order valence-corrected chi connectivity index (χ0v) is 15.4. The molecule has 7 nitrogen and oxygen atoms in total. The molecule has 0 aliphatic rings. The summed E-state index contributed by atoms with van der Waals surface area (Å²) in [6.07, 6.45) is 1.45. The zero-order chi connectivity index (χ0) is 20.5. The highest BCUT2D eigenvalue weighted by Crippen LogP contribution is 2.16. The highest BCUT2D eigenvalue weighted by molar-refractivity contribution is 6.14. The lowest BCUT2D eigenvalue weighted by Gasteiger charge is -2.09. The Hall–Kier alpha value is -3.74. The minimum atomic E-state index is -0.835. The van der Waals surface area contributed by atoms with E-state index in [9.17, 15) is 19.2 Å². The second-order valence-electron chi connectivity index (χ2n) is 5.86. The van der Waals surface area contributed by atoms with Gasteiger partial charge in [0.15, 0.2) is 12.4 Å². The van der Waals surface area contributed by atoms with Crippen LogP contribution in [0.15, 0.2) is 61.2 Å². The van der Waals surface area contributed by atoms with E-state index >= 15 is 0 Å². The second-order valence-corrected chi connectivity index (χ2v) is 5.86. The minimum absolute atomic E-state index is 0.0389. The molecular formula is C21H20N2O5. The molecule has 0 atom stereocenters. The summed E-state index contributed by atoms with van der Waals surface area (Å²) in [7, 11) is 0. The van der Waals surface area contributed by atoms with Gasteiger partial charge >= 0.3 is 12.0 Å². The number of carbonyl (C=O) groups is 4. The Balaban J connectivity index is 2.05. The summed E-state index contributed by atoms with van der Waals surface area (Å²) < 4.78 is 4.94. The molecule has 0 aliphatic carbocycles. The number of rotatable bonds is 7. The number of urea groups is 1. The average Bonchev–Trinajstić information content (AvgIpc) is 2.70. The molecule has 0 saturated heterocycles. The Morgan fingerprint density at radius 2 is 1.64 bits per heavy atom. The summed E-state index contributed by atoms with van der Waals surface area (Å²) in [5.41, 5.74) is 1.65. The number of hydrogen-bond donors (Lipinski definition) is 2. The third-order valence-corrected chi connectivity index (χ3v) is 3.70. The van der Waals surface area contributed by atoms with Gasteiger partial charge in [-0.05, 0) is 13.0 Å². The van der Waals surface area contributed by atoms with Crippen molar-refractivity contribution in [3.8, 4) is 0 Å². The first kappa shape index (κ1) is 20.6. The van der Waals surface area contributed by atoms with Gasteiger partial charge in [0.25, 0.3) is 5.91 Å². The minimum Gasteiger partial charge on any atom is -0.452 e. The molecule has 0 spiro atoms. The number of amides is 3. The van der Waals surface area contributed by atoms with Gasteiger partial charge in [-0.3, -0.25) is 14.9 Å². The van der Waals surface area contributed by atoms with Crippen molar-refractivity contribution >= 4 is 23.7 Å². The molecule has 0 saturated carbocycles. The highest BCUT2D eigenvalue weighted by Gasteiger charge is 2.20. The summed E-state index contributed by atoms with van der Waals surface area (Å²) in [6, 6.07) is 12.4.